The van der Waals surface area contributed by atoms with Crippen LogP contribution in [-0.2, 0) is 4.79 Å². The number of carboxylic acid groups (broad SMARTS) is 1. The number of unbranched alkanes of at least 4 members (excludes halogenated alkanes) is 1. The highest BCUT2D eigenvalue weighted by molar-refractivity contribution is 5.83. The molecule has 0 saturated carbocycles. The highest BCUT2D eigenvalue weighted by atomic mass is 16.4. The molecule has 0 heterocycles. The summed E-state index contributed by atoms with van der Waals surface area (Å²) in [6, 6.07) is -1.20. The van der Waals surface area contributed by atoms with E-state index in [0.29, 0.717) is 13.0 Å². The van der Waals surface area contributed by atoms with Crippen molar-refractivity contribution in [3.8, 4) is 0 Å². The highest BCUT2D eigenvalue weighted by Crippen LogP contribution is 2.14. The molecule has 0 radical (unpaired) electrons. The molecule has 110 valence electrons. The molecule has 0 saturated heterocycles. The number of carboxylic acids is 1. The van der Waals surface area contributed by atoms with Crippen molar-refractivity contribution >= 4 is 12.0 Å². The number of rotatable bonds is 7. The van der Waals surface area contributed by atoms with E-state index in [2.05, 4.69) is 11.9 Å². The van der Waals surface area contributed by atoms with Crippen LogP contribution in [0.2, 0.25) is 0 Å². The van der Waals surface area contributed by atoms with Crippen molar-refractivity contribution in [1.29, 1.82) is 0 Å². The van der Waals surface area contributed by atoms with Gasteiger partial charge in [0.2, 0.25) is 0 Å². The lowest BCUT2D eigenvalue weighted by atomic mass is 10.1. The van der Waals surface area contributed by atoms with E-state index in [9.17, 15) is 9.59 Å². The molecule has 0 aromatic carbocycles. The van der Waals surface area contributed by atoms with E-state index in [4.69, 9.17) is 5.11 Å². The Labute approximate surface area is 115 Å². The van der Waals surface area contributed by atoms with Crippen molar-refractivity contribution in [2.75, 3.05) is 6.54 Å². The van der Waals surface area contributed by atoms with Crippen molar-refractivity contribution in [3.05, 3.63) is 12.7 Å². The predicted octanol–water partition coefficient (Wildman–Crippen LogP) is 2.63. The van der Waals surface area contributed by atoms with Crippen LogP contribution in [-0.4, -0.2) is 40.1 Å². The molecule has 0 aromatic heterocycles. The summed E-state index contributed by atoms with van der Waals surface area (Å²) >= 11 is 0. The fourth-order valence-electron chi connectivity index (χ4n) is 1.68. The van der Waals surface area contributed by atoms with Gasteiger partial charge in [0.15, 0.2) is 0 Å². The number of amides is 2. The first-order valence-corrected chi connectivity index (χ1v) is 6.65. The van der Waals surface area contributed by atoms with Gasteiger partial charge in [-0.2, -0.15) is 0 Å². The van der Waals surface area contributed by atoms with E-state index in [1.54, 1.807) is 11.0 Å². The van der Waals surface area contributed by atoms with Crippen LogP contribution in [0.1, 0.15) is 47.0 Å². The summed E-state index contributed by atoms with van der Waals surface area (Å²) in [5.74, 6) is -0.991. The largest absolute Gasteiger partial charge is 0.480 e. The Morgan fingerprint density at radius 2 is 2.00 bits per heavy atom. The molecule has 0 rings (SSSR count). The number of aliphatic carboxylic acids is 1. The third kappa shape index (κ3) is 6.27. The number of nitrogens with one attached hydrogen (secondary N) is 1. The predicted molar refractivity (Wildman–Crippen MR) is 76.1 cm³/mol. The second-order valence-electron chi connectivity index (χ2n) is 5.55. The zero-order valence-electron chi connectivity index (χ0n) is 12.4. The minimum Gasteiger partial charge on any atom is -0.480 e. The lowest BCUT2D eigenvalue weighted by molar-refractivity contribution is -0.139. The molecule has 0 aliphatic rings. The third-order valence-electron chi connectivity index (χ3n) is 2.81. The van der Waals surface area contributed by atoms with E-state index in [0.717, 1.165) is 12.8 Å². The first-order valence-electron chi connectivity index (χ1n) is 6.65. The van der Waals surface area contributed by atoms with Gasteiger partial charge in [-0.05, 0) is 27.2 Å². The maximum absolute atomic E-state index is 12.2. The molecular formula is C14H26N2O3. The molecule has 2 amide bonds. The topological polar surface area (TPSA) is 69.6 Å². The number of carbonyl (C=O) groups excluding carboxylic acids is 1. The molecule has 1 atom stereocenters. The Morgan fingerprint density at radius 3 is 2.37 bits per heavy atom. The van der Waals surface area contributed by atoms with Gasteiger partial charge in [-0.25, -0.2) is 9.59 Å². The second-order valence-corrected chi connectivity index (χ2v) is 5.55. The van der Waals surface area contributed by atoms with Gasteiger partial charge in [-0.3, -0.25) is 0 Å². The molecule has 0 fully saturated rings. The van der Waals surface area contributed by atoms with Crippen molar-refractivity contribution < 1.29 is 14.7 Å². The molecule has 5 heteroatoms. The SMILES string of the molecule is C=CCN(C(=O)N[C@@H](CCCC)C(=O)O)C(C)(C)C. The monoisotopic (exact) mass is 270 g/mol. The average Bonchev–Trinajstić information content (AvgIpc) is 2.29. The molecule has 2 N–H and O–H groups in total. The Balaban J connectivity index is 4.75. The molecule has 0 spiro atoms. The summed E-state index contributed by atoms with van der Waals surface area (Å²) in [4.78, 5) is 24.9. The summed E-state index contributed by atoms with van der Waals surface area (Å²) < 4.78 is 0. The number of carbonyl (C=O) groups is 2. The van der Waals surface area contributed by atoms with Gasteiger partial charge < -0.3 is 15.3 Å². The van der Waals surface area contributed by atoms with Gasteiger partial charge in [0.25, 0.3) is 0 Å². The van der Waals surface area contributed by atoms with Crippen LogP contribution in [0.4, 0.5) is 4.79 Å². The number of hydrogen-bond donors (Lipinski definition) is 2. The molecule has 5 nitrogen and oxygen atoms in total. The second kappa shape index (κ2) is 7.81. The first kappa shape index (κ1) is 17.5. The lowest BCUT2D eigenvalue weighted by Gasteiger charge is -2.35. The first-order chi connectivity index (χ1) is 8.73. The van der Waals surface area contributed by atoms with Gasteiger partial charge in [-0.15, -0.1) is 6.58 Å². The third-order valence-corrected chi connectivity index (χ3v) is 2.81. The zero-order valence-corrected chi connectivity index (χ0v) is 12.4. The maximum atomic E-state index is 12.2. The quantitative estimate of drug-likeness (QED) is 0.699. The van der Waals surface area contributed by atoms with Gasteiger partial charge in [0.1, 0.15) is 6.04 Å². The van der Waals surface area contributed by atoms with Gasteiger partial charge >= 0.3 is 12.0 Å². The fraction of sp³-hybridized carbons (Fsp3) is 0.714. The van der Waals surface area contributed by atoms with Crippen LogP contribution in [0.25, 0.3) is 0 Å². The summed E-state index contributed by atoms with van der Waals surface area (Å²) in [5.41, 5.74) is -0.383. The summed E-state index contributed by atoms with van der Waals surface area (Å²) in [6.07, 6.45) is 3.75. The van der Waals surface area contributed by atoms with Gasteiger partial charge in [-0.1, -0.05) is 25.8 Å². The lowest BCUT2D eigenvalue weighted by Crippen LogP contribution is -2.54. The number of hydrogen-bond acceptors (Lipinski definition) is 2. The van der Waals surface area contributed by atoms with E-state index < -0.39 is 12.0 Å². The van der Waals surface area contributed by atoms with Crippen molar-refractivity contribution in [2.45, 2.75) is 58.5 Å². The van der Waals surface area contributed by atoms with Crippen LogP contribution < -0.4 is 5.32 Å². The van der Waals surface area contributed by atoms with E-state index in [1.807, 2.05) is 27.7 Å². The standard InChI is InChI=1S/C14H26N2O3/c1-6-8-9-11(12(17)18)15-13(19)16(10-7-2)14(3,4)5/h7,11H,2,6,8-10H2,1,3-5H3,(H,15,19)(H,17,18)/t11-/m0/s1. The smallest absolute Gasteiger partial charge is 0.326 e. The van der Waals surface area contributed by atoms with Crippen molar-refractivity contribution in [2.24, 2.45) is 0 Å². The van der Waals surface area contributed by atoms with Crippen LogP contribution in [0.3, 0.4) is 0 Å². The Morgan fingerprint density at radius 1 is 1.42 bits per heavy atom. The summed E-state index contributed by atoms with van der Waals surface area (Å²) in [5, 5.41) is 11.7. The van der Waals surface area contributed by atoms with Gasteiger partial charge in [0.05, 0.1) is 0 Å². The molecular weight excluding hydrogens is 244 g/mol. The molecule has 19 heavy (non-hydrogen) atoms. The van der Waals surface area contributed by atoms with E-state index in [1.165, 1.54) is 0 Å². The Kier molecular flexibility index (Phi) is 7.19. The van der Waals surface area contributed by atoms with Crippen LogP contribution in [0.15, 0.2) is 12.7 Å². The van der Waals surface area contributed by atoms with Crippen LogP contribution >= 0.6 is 0 Å². The van der Waals surface area contributed by atoms with Crippen molar-refractivity contribution in [1.82, 2.24) is 10.2 Å². The zero-order chi connectivity index (χ0) is 15.1. The number of urea groups is 1. The van der Waals surface area contributed by atoms with E-state index in [-0.39, 0.29) is 11.6 Å². The van der Waals surface area contributed by atoms with Crippen molar-refractivity contribution in [3.63, 3.8) is 0 Å². The van der Waals surface area contributed by atoms with Crippen LogP contribution in [0, 0.1) is 0 Å². The molecule has 0 bridgehead atoms. The molecule has 0 unspecified atom stereocenters. The maximum Gasteiger partial charge on any atom is 0.326 e. The fourth-order valence-corrected chi connectivity index (χ4v) is 1.68. The minimum absolute atomic E-state index is 0.365. The van der Waals surface area contributed by atoms with Crippen LogP contribution in [0.5, 0.6) is 0 Å². The van der Waals surface area contributed by atoms with E-state index >= 15 is 0 Å². The van der Waals surface area contributed by atoms with Gasteiger partial charge in [0, 0.05) is 12.1 Å². The Bertz CT molecular complexity index is 321. The normalized spacial score (nSPS) is 12.6. The summed E-state index contributed by atoms with van der Waals surface area (Å²) in [6.45, 7) is 11.7. The highest BCUT2D eigenvalue weighted by Gasteiger charge is 2.28. The Hall–Kier alpha value is -1.52. The number of nitrogens with zero attached hydrogens (tertiary/aromatic N) is 1. The molecule has 0 aliphatic carbocycles. The molecule has 0 aromatic rings. The average molecular weight is 270 g/mol. The minimum atomic E-state index is -0.991. The molecule has 0 aliphatic heterocycles. The summed E-state index contributed by atoms with van der Waals surface area (Å²) in [7, 11) is 0.